The molecule has 1 saturated heterocycles. The number of hydrogen-bond acceptors (Lipinski definition) is 3. The molecule has 1 aromatic rings. The van der Waals surface area contributed by atoms with Crippen LogP contribution in [0.15, 0.2) is 24.3 Å². The standard InChI is InChI=1S/C17H24N2O3S/c18-23(21,22)12-13-10-17(20)19(11-13)16-8-6-15(7-9-16)14-4-2-1-3-5-14/h6-9,13-14H,1-5,10-12H2,(H2,18,21,22). The number of nitrogens with two attached hydrogens (primary N) is 1. The summed E-state index contributed by atoms with van der Waals surface area (Å²) in [7, 11) is -3.54. The second-order valence-electron chi connectivity index (χ2n) is 6.83. The molecule has 3 rings (SSSR count). The normalized spacial score (nSPS) is 23.4. The summed E-state index contributed by atoms with van der Waals surface area (Å²) < 4.78 is 22.4. The van der Waals surface area contributed by atoms with Crippen molar-refractivity contribution in [1.29, 1.82) is 0 Å². The first-order valence-corrected chi connectivity index (χ1v) is 10.0. The van der Waals surface area contributed by atoms with Crippen molar-refractivity contribution in [1.82, 2.24) is 0 Å². The summed E-state index contributed by atoms with van der Waals surface area (Å²) in [5.74, 6) is 0.275. The van der Waals surface area contributed by atoms with E-state index >= 15 is 0 Å². The molecule has 0 radical (unpaired) electrons. The first-order chi connectivity index (χ1) is 10.9. The molecule has 0 aromatic heterocycles. The van der Waals surface area contributed by atoms with E-state index in [1.54, 1.807) is 4.90 Å². The van der Waals surface area contributed by atoms with Crippen LogP contribution in [0.3, 0.4) is 0 Å². The van der Waals surface area contributed by atoms with Crippen LogP contribution >= 0.6 is 0 Å². The van der Waals surface area contributed by atoms with Crippen molar-refractivity contribution in [3.8, 4) is 0 Å². The molecule has 1 aliphatic carbocycles. The summed E-state index contributed by atoms with van der Waals surface area (Å²) >= 11 is 0. The Bertz CT molecular complexity index is 664. The van der Waals surface area contributed by atoms with E-state index in [0.29, 0.717) is 12.5 Å². The fourth-order valence-electron chi connectivity index (χ4n) is 3.83. The lowest BCUT2D eigenvalue weighted by Crippen LogP contribution is -2.27. The molecule has 126 valence electrons. The number of benzene rings is 1. The highest BCUT2D eigenvalue weighted by atomic mass is 32.2. The number of primary sulfonamides is 1. The van der Waals surface area contributed by atoms with Gasteiger partial charge in [-0.1, -0.05) is 31.4 Å². The van der Waals surface area contributed by atoms with Crippen molar-refractivity contribution in [2.75, 3.05) is 17.2 Å². The van der Waals surface area contributed by atoms with Gasteiger partial charge in [0.25, 0.3) is 0 Å². The zero-order valence-electron chi connectivity index (χ0n) is 13.3. The minimum atomic E-state index is -3.54. The first-order valence-electron chi connectivity index (χ1n) is 8.33. The van der Waals surface area contributed by atoms with Crippen LogP contribution in [0.2, 0.25) is 0 Å². The Hall–Kier alpha value is -1.40. The number of carbonyl (C=O) groups is 1. The molecule has 1 atom stereocenters. The van der Waals surface area contributed by atoms with Crippen molar-refractivity contribution >= 4 is 21.6 Å². The summed E-state index contributed by atoms with van der Waals surface area (Å²) in [5, 5.41) is 5.09. The van der Waals surface area contributed by atoms with Gasteiger partial charge in [0.15, 0.2) is 0 Å². The molecule has 2 N–H and O–H groups in total. The molecule has 5 nitrogen and oxygen atoms in total. The third-order valence-corrected chi connectivity index (χ3v) is 5.89. The molecule has 2 aliphatic rings. The van der Waals surface area contributed by atoms with Crippen LogP contribution in [0, 0.1) is 5.92 Å². The number of anilines is 1. The lowest BCUT2D eigenvalue weighted by Gasteiger charge is -2.23. The fourth-order valence-corrected chi connectivity index (χ4v) is 4.71. The highest BCUT2D eigenvalue weighted by molar-refractivity contribution is 7.89. The van der Waals surface area contributed by atoms with E-state index in [1.807, 2.05) is 12.1 Å². The van der Waals surface area contributed by atoms with Gasteiger partial charge in [-0.15, -0.1) is 0 Å². The number of sulfonamides is 1. The van der Waals surface area contributed by atoms with Crippen LogP contribution in [0.25, 0.3) is 0 Å². The minimum absolute atomic E-state index is 0.0240. The highest BCUT2D eigenvalue weighted by Gasteiger charge is 2.32. The highest BCUT2D eigenvalue weighted by Crippen LogP contribution is 2.34. The second-order valence-corrected chi connectivity index (χ2v) is 8.49. The summed E-state index contributed by atoms with van der Waals surface area (Å²) in [6.07, 6.45) is 6.68. The Morgan fingerprint density at radius 3 is 2.35 bits per heavy atom. The Labute approximate surface area is 137 Å². The summed E-state index contributed by atoms with van der Waals surface area (Å²) in [5.41, 5.74) is 2.20. The van der Waals surface area contributed by atoms with Gasteiger partial charge in [-0.05, 0) is 36.5 Å². The van der Waals surface area contributed by atoms with Gasteiger partial charge in [-0.2, -0.15) is 0 Å². The quantitative estimate of drug-likeness (QED) is 0.916. The molecule has 0 bridgehead atoms. The zero-order chi connectivity index (χ0) is 16.4. The summed E-state index contributed by atoms with van der Waals surface area (Å²) in [6.45, 7) is 0.429. The molecule has 1 saturated carbocycles. The van der Waals surface area contributed by atoms with Crippen LogP contribution in [-0.4, -0.2) is 26.6 Å². The van der Waals surface area contributed by atoms with Gasteiger partial charge in [-0.3, -0.25) is 4.79 Å². The van der Waals surface area contributed by atoms with Crippen molar-refractivity contribution in [3.63, 3.8) is 0 Å². The zero-order valence-corrected chi connectivity index (χ0v) is 14.1. The summed E-state index contributed by atoms with van der Waals surface area (Å²) in [4.78, 5) is 13.8. The monoisotopic (exact) mass is 336 g/mol. The third kappa shape index (κ3) is 4.12. The molecular formula is C17H24N2O3S. The first kappa shape index (κ1) is 16.5. The fraction of sp³-hybridized carbons (Fsp3) is 0.588. The van der Waals surface area contributed by atoms with Gasteiger partial charge in [0, 0.05) is 24.6 Å². The second kappa shape index (κ2) is 6.61. The smallest absolute Gasteiger partial charge is 0.227 e. The average molecular weight is 336 g/mol. The number of nitrogens with zero attached hydrogens (tertiary/aromatic N) is 1. The van der Waals surface area contributed by atoms with Gasteiger partial charge in [0.1, 0.15) is 0 Å². The van der Waals surface area contributed by atoms with Crippen LogP contribution in [-0.2, 0) is 14.8 Å². The van der Waals surface area contributed by atoms with Crippen LogP contribution in [0.5, 0.6) is 0 Å². The number of hydrogen-bond donors (Lipinski definition) is 1. The van der Waals surface area contributed by atoms with E-state index in [1.165, 1.54) is 37.7 Å². The molecule has 1 heterocycles. The summed E-state index contributed by atoms with van der Waals surface area (Å²) in [6, 6.07) is 8.21. The van der Waals surface area contributed by atoms with Gasteiger partial charge in [-0.25, -0.2) is 13.6 Å². The molecule has 23 heavy (non-hydrogen) atoms. The van der Waals surface area contributed by atoms with Gasteiger partial charge in [0.05, 0.1) is 5.75 Å². The van der Waals surface area contributed by atoms with E-state index in [0.717, 1.165) is 5.69 Å². The number of amides is 1. The van der Waals surface area contributed by atoms with Crippen LogP contribution in [0.1, 0.15) is 50.0 Å². The molecule has 1 amide bonds. The average Bonchev–Trinajstić information content (AvgIpc) is 2.87. The van der Waals surface area contributed by atoms with Gasteiger partial charge in [0.2, 0.25) is 15.9 Å². The lowest BCUT2D eigenvalue weighted by atomic mass is 9.84. The maximum Gasteiger partial charge on any atom is 0.227 e. The Balaban J connectivity index is 1.68. The van der Waals surface area contributed by atoms with E-state index in [-0.39, 0.29) is 24.0 Å². The minimum Gasteiger partial charge on any atom is -0.312 e. The molecule has 1 unspecified atom stereocenters. The topological polar surface area (TPSA) is 80.5 Å². The van der Waals surface area contributed by atoms with E-state index in [9.17, 15) is 13.2 Å². The Morgan fingerprint density at radius 1 is 1.09 bits per heavy atom. The molecule has 6 heteroatoms. The maximum atomic E-state index is 12.1. The SMILES string of the molecule is NS(=O)(=O)CC1CC(=O)N(c2ccc(C3CCCCC3)cc2)C1. The molecule has 2 fully saturated rings. The lowest BCUT2D eigenvalue weighted by molar-refractivity contribution is -0.117. The maximum absolute atomic E-state index is 12.1. The van der Waals surface area contributed by atoms with Crippen molar-refractivity contribution in [2.24, 2.45) is 11.1 Å². The largest absolute Gasteiger partial charge is 0.312 e. The van der Waals surface area contributed by atoms with Gasteiger partial charge < -0.3 is 4.90 Å². The Morgan fingerprint density at radius 2 is 1.74 bits per heavy atom. The molecular weight excluding hydrogens is 312 g/mol. The van der Waals surface area contributed by atoms with Crippen molar-refractivity contribution < 1.29 is 13.2 Å². The Kier molecular flexibility index (Phi) is 4.73. The predicted octanol–water partition coefficient (Wildman–Crippen LogP) is 2.38. The number of carbonyl (C=O) groups excluding carboxylic acids is 1. The molecule has 0 spiro atoms. The van der Waals surface area contributed by atoms with Crippen LogP contribution in [0.4, 0.5) is 5.69 Å². The van der Waals surface area contributed by atoms with Crippen molar-refractivity contribution in [3.05, 3.63) is 29.8 Å². The van der Waals surface area contributed by atoms with E-state index < -0.39 is 10.0 Å². The molecule has 1 aliphatic heterocycles. The van der Waals surface area contributed by atoms with E-state index in [4.69, 9.17) is 5.14 Å². The molecule has 1 aromatic carbocycles. The van der Waals surface area contributed by atoms with Crippen molar-refractivity contribution in [2.45, 2.75) is 44.4 Å². The number of rotatable bonds is 4. The van der Waals surface area contributed by atoms with E-state index in [2.05, 4.69) is 12.1 Å². The van der Waals surface area contributed by atoms with Crippen LogP contribution < -0.4 is 10.0 Å². The predicted molar refractivity (Wildman–Crippen MR) is 90.7 cm³/mol. The van der Waals surface area contributed by atoms with Gasteiger partial charge >= 0.3 is 0 Å². The third-order valence-electron chi connectivity index (χ3n) is 4.95.